The molecule has 2 heterocycles. The summed E-state index contributed by atoms with van der Waals surface area (Å²) in [7, 11) is -2.95. The Morgan fingerprint density at radius 2 is 0.698 bits per heavy atom. The van der Waals surface area contributed by atoms with Crippen LogP contribution in [-0.2, 0) is 0 Å². The average molecular weight is 819 g/mol. The lowest BCUT2D eigenvalue weighted by atomic mass is 10.1. The van der Waals surface area contributed by atoms with Gasteiger partial charge in [0.15, 0.2) is 8.07 Å². The largest absolute Gasteiger partial charge is 0.309 e. The zero-order valence-corrected chi connectivity index (χ0v) is 35.6. The van der Waals surface area contributed by atoms with Crippen LogP contribution >= 0.6 is 0 Å². The average Bonchev–Trinajstić information content (AvgIpc) is 3.89. The topological polar surface area (TPSA) is 9.86 Å². The maximum absolute atomic E-state index is 2.95. The van der Waals surface area contributed by atoms with E-state index in [0.29, 0.717) is 0 Å². The van der Waals surface area contributed by atoms with E-state index in [-0.39, 0.29) is 0 Å². The molecule has 0 atom stereocenters. The first kappa shape index (κ1) is 36.8. The van der Waals surface area contributed by atoms with Crippen LogP contribution in [0.4, 0.5) is 0 Å². The molecular formula is C60H42N2Si. The number of rotatable bonds is 8. The normalized spacial score (nSPS) is 11.8. The zero-order valence-electron chi connectivity index (χ0n) is 34.6. The molecule has 0 amide bonds. The molecule has 0 fully saturated rings. The first-order valence-corrected chi connectivity index (χ1v) is 23.8. The molecule has 296 valence electrons. The Bertz CT molecular complexity index is 3550. The van der Waals surface area contributed by atoms with E-state index in [9.17, 15) is 0 Å². The molecule has 0 unspecified atom stereocenters. The van der Waals surface area contributed by atoms with Crippen molar-refractivity contribution < 1.29 is 0 Å². The molecule has 0 spiro atoms. The number of nitrogens with zero attached hydrogens (tertiary/aromatic N) is 2. The van der Waals surface area contributed by atoms with Gasteiger partial charge in [0.2, 0.25) is 0 Å². The summed E-state index contributed by atoms with van der Waals surface area (Å²) in [6.45, 7) is 0. The first-order valence-electron chi connectivity index (χ1n) is 21.8. The van der Waals surface area contributed by atoms with Gasteiger partial charge in [0.25, 0.3) is 0 Å². The number of hydrogen-bond donors (Lipinski definition) is 0. The van der Waals surface area contributed by atoms with Crippen molar-refractivity contribution >= 4 is 72.4 Å². The van der Waals surface area contributed by atoms with Gasteiger partial charge in [-0.3, -0.25) is 0 Å². The van der Waals surface area contributed by atoms with Crippen molar-refractivity contribution in [1.82, 2.24) is 9.13 Å². The predicted octanol–water partition coefficient (Wildman–Crippen LogP) is 12.6. The monoisotopic (exact) mass is 818 g/mol. The lowest BCUT2D eigenvalue weighted by Crippen LogP contribution is -2.74. The van der Waals surface area contributed by atoms with Crippen molar-refractivity contribution in [3.8, 4) is 33.6 Å². The van der Waals surface area contributed by atoms with Gasteiger partial charge >= 0.3 is 0 Å². The van der Waals surface area contributed by atoms with Crippen LogP contribution in [0, 0.1) is 0 Å². The van der Waals surface area contributed by atoms with Gasteiger partial charge in [0.05, 0.1) is 22.1 Å². The molecule has 0 saturated carbocycles. The van der Waals surface area contributed by atoms with E-state index in [4.69, 9.17) is 0 Å². The van der Waals surface area contributed by atoms with Crippen molar-refractivity contribution in [3.05, 3.63) is 255 Å². The molecule has 0 aliphatic rings. The number of hydrogen-bond acceptors (Lipinski definition) is 0. The summed E-state index contributed by atoms with van der Waals surface area (Å²) < 4.78 is 4.93. The lowest BCUT2D eigenvalue weighted by molar-refractivity contribution is 1.17. The highest BCUT2D eigenvalue weighted by atomic mass is 28.3. The quantitative estimate of drug-likeness (QED) is 0.107. The number of benzene rings is 10. The van der Waals surface area contributed by atoms with Crippen LogP contribution in [0.15, 0.2) is 255 Å². The van der Waals surface area contributed by atoms with Crippen molar-refractivity contribution in [1.29, 1.82) is 0 Å². The smallest absolute Gasteiger partial charge is 0.180 e. The van der Waals surface area contributed by atoms with Crippen molar-refractivity contribution in [2.75, 3.05) is 0 Å². The van der Waals surface area contributed by atoms with Crippen molar-refractivity contribution in [2.24, 2.45) is 0 Å². The van der Waals surface area contributed by atoms with Crippen LogP contribution in [0.25, 0.3) is 77.2 Å². The summed E-state index contributed by atoms with van der Waals surface area (Å²) >= 11 is 0. The van der Waals surface area contributed by atoms with E-state index in [2.05, 4.69) is 264 Å². The Balaban J connectivity index is 1.11. The molecule has 0 bridgehead atoms. The van der Waals surface area contributed by atoms with E-state index < -0.39 is 8.07 Å². The molecule has 12 aromatic rings. The van der Waals surface area contributed by atoms with Crippen LogP contribution in [0.3, 0.4) is 0 Å². The fourth-order valence-electron chi connectivity index (χ4n) is 10.3. The van der Waals surface area contributed by atoms with Gasteiger partial charge in [-0.1, -0.05) is 206 Å². The van der Waals surface area contributed by atoms with Crippen LogP contribution < -0.4 is 20.7 Å². The van der Waals surface area contributed by atoms with Gasteiger partial charge in [-0.2, -0.15) is 0 Å². The zero-order chi connectivity index (χ0) is 41.7. The molecule has 10 aromatic carbocycles. The summed E-state index contributed by atoms with van der Waals surface area (Å²) in [5.41, 5.74) is 11.9. The lowest BCUT2D eigenvalue weighted by Gasteiger charge is -2.35. The van der Waals surface area contributed by atoms with E-state index in [0.717, 1.165) is 11.4 Å². The highest BCUT2D eigenvalue weighted by Crippen LogP contribution is 2.38. The Morgan fingerprint density at radius 1 is 0.254 bits per heavy atom. The second kappa shape index (κ2) is 15.2. The van der Waals surface area contributed by atoms with E-state index in [1.54, 1.807) is 0 Å². The Kier molecular flexibility index (Phi) is 8.87. The maximum Gasteiger partial charge on any atom is 0.180 e. The van der Waals surface area contributed by atoms with Gasteiger partial charge in [-0.15, -0.1) is 0 Å². The van der Waals surface area contributed by atoms with Gasteiger partial charge in [-0.25, -0.2) is 0 Å². The van der Waals surface area contributed by atoms with E-state index >= 15 is 0 Å². The molecule has 0 aliphatic carbocycles. The molecule has 3 heteroatoms. The third-order valence-corrected chi connectivity index (χ3v) is 17.9. The molecule has 0 radical (unpaired) electrons. The summed E-state index contributed by atoms with van der Waals surface area (Å²) in [5, 5.41) is 10.5. The van der Waals surface area contributed by atoms with Gasteiger partial charge in [0.1, 0.15) is 0 Å². The molecule has 0 aliphatic heterocycles. The number of aromatic nitrogens is 2. The molecule has 0 saturated heterocycles. The van der Waals surface area contributed by atoms with Crippen molar-refractivity contribution in [3.63, 3.8) is 0 Å². The number of para-hydroxylation sites is 2. The van der Waals surface area contributed by atoms with E-state index in [1.807, 2.05) is 0 Å². The van der Waals surface area contributed by atoms with Crippen LogP contribution in [0.2, 0.25) is 0 Å². The molecule has 2 aromatic heterocycles. The predicted molar refractivity (Wildman–Crippen MR) is 270 cm³/mol. The van der Waals surface area contributed by atoms with E-state index in [1.165, 1.54) is 86.6 Å². The van der Waals surface area contributed by atoms with Crippen LogP contribution in [0.5, 0.6) is 0 Å². The van der Waals surface area contributed by atoms with Gasteiger partial charge in [-0.05, 0) is 91.5 Å². The van der Waals surface area contributed by atoms with Gasteiger partial charge < -0.3 is 9.13 Å². The fourth-order valence-corrected chi connectivity index (χ4v) is 15.3. The minimum atomic E-state index is -2.95. The third-order valence-electron chi connectivity index (χ3n) is 13.1. The Labute approximate surface area is 368 Å². The Hall–Kier alpha value is -7.98. The minimum Gasteiger partial charge on any atom is -0.309 e. The minimum absolute atomic E-state index is 1.14. The summed E-state index contributed by atoms with van der Waals surface area (Å²) in [6, 6.07) is 94.3. The molecule has 63 heavy (non-hydrogen) atoms. The number of fused-ring (bicyclic) bond motifs is 6. The standard InChI is InChI=1S/C60H42N2Si/c1-5-19-43(20-6-1)45-35-38-51(39-36-45)63(49-25-9-3-10-26-49,50-27-11-4-12-28-50)59-34-18-33-58-60(59)53-30-14-16-32-56(53)62(58)48-37-40-57-54(42-48)52-29-13-15-31-55(52)61(57)47-24-17-23-46(41-47)44-21-7-2-8-22-44/h1-42H. The third kappa shape index (κ3) is 5.93. The molecule has 2 nitrogen and oxygen atoms in total. The molecule has 0 N–H and O–H groups in total. The molecule has 12 rings (SSSR count). The van der Waals surface area contributed by atoms with Crippen LogP contribution in [0.1, 0.15) is 0 Å². The SMILES string of the molecule is c1ccc(-c2ccc([Si](c3ccccc3)(c3ccccc3)c3cccc4c3c3ccccc3n4-c3ccc4c(c3)c3ccccc3n4-c3cccc(-c4ccccc4)c3)cc2)cc1. The fraction of sp³-hybridized carbons (Fsp3) is 0. The maximum atomic E-state index is 2.50. The Morgan fingerprint density at radius 3 is 1.37 bits per heavy atom. The highest BCUT2D eigenvalue weighted by molar-refractivity contribution is 7.20. The summed E-state index contributed by atoms with van der Waals surface area (Å²) in [4.78, 5) is 0. The highest BCUT2D eigenvalue weighted by Gasteiger charge is 2.43. The summed E-state index contributed by atoms with van der Waals surface area (Å²) in [6.07, 6.45) is 0. The second-order valence-electron chi connectivity index (χ2n) is 16.4. The first-order chi connectivity index (χ1) is 31.3. The molecular weight excluding hydrogens is 777 g/mol. The summed E-state index contributed by atoms with van der Waals surface area (Å²) in [5.74, 6) is 0. The second-order valence-corrected chi connectivity index (χ2v) is 20.2. The van der Waals surface area contributed by atoms with Gasteiger partial charge in [0, 0.05) is 32.9 Å². The van der Waals surface area contributed by atoms with Crippen molar-refractivity contribution in [2.45, 2.75) is 0 Å². The van der Waals surface area contributed by atoms with Crippen LogP contribution in [-0.4, -0.2) is 17.2 Å².